The van der Waals surface area contributed by atoms with Gasteiger partial charge in [-0.3, -0.25) is 0 Å². The summed E-state index contributed by atoms with van der Waals surface area (Å²) in [5.41, 5.74) is 6.27. The Balaban J connectivity index is 0.00000169. The predicted octanol–water partition coefficient (Wildman–Crippen LogP) is 0.775. The van der Waals surface area contributed by atoms with Gasteiger partial charge in [-0.1, -0.05) is 25.6 Å². The predicted molar refractivity (Wildman–Crippen MR) is 51.8 cm³/mol. The SMILES string of the molecule is C[CH-]n1c(C)cc(OC)c(N)c1=O.[Y+3]. The van der Waals surface area contributed by atoms with E-state index in [1.807, 2.05) is 6.92 Å². The van der Waals surface area contributed by atoms with E-state index in [-0.39, 0.29) is 44.0 Å². The summed E-state index contributed by atoms with van der Waals surface area (Å²) in [4.78, 5) is 11.5. The molecule has 0 aromatic carbocycles. The van der Waals surface area contributed by atoms with Crippen molar-refractivity contribution < 1.29 is 37.4 Å². The fraction of sp³-hybridized carbons (Fsp3) is 0.333. The summed E-state index contributed by atoms with van der Waals surface area (Å²) >= 11 is 0. The van der Waals surface area contributed by atoms with E-state index in [4.69, 9.17) is 10.5 Å². The van der Waals surface area contributed by atoms with Crippen LogP contribution < -0.4 is 16.0 Å². The molecule has 0 aliphatic rings. The summed E-state index contributed by atoms with van der Waals surface area (Å²) in [7, 11) is 1.49. The molecule has 5 heteroatoms. The van der Waals surface area contributed by atoms with E-state index in [1.165, 1.54) is 11.7 Å². The monoisotopic (exact) mass is 270 g/mol. The number of ether oxygens (including phenoxy) is 1. The summed E-state index contributed by atoms with van der Waals surface area (Å²) in [5.74, 6) is 0.431. The van der Waals surface area contributed by atoms with Crippen molar-refractivity contribution in [2.24, 2.45) is 0 Å². The number of methoxy groups -OCH3 is 1. The van der Waals surface area contributed by atoms with Crippen LogP contribution in [0.1, 0.15) is 12.6 Å². The van der Waals surface area contributed by atoms with Crippen molar-refractivity contribution >= 4 is 5.69 Å². The van der Waals surface area contributed by atoms with Crippen molar-refractivity contribution in [3.63, 3.8) is 0 Å². The number of rotatable bonds is 2. The van der Waals surface area contributed by atoms with Crippen molar-refractivity contribution in [2.75, 3.05) is 12.8 Å². The fourth-order valence-corrected chi connectivity index (χ4v) is 1.22. The van der Waals surface area contributed by atoms with E-state index < -0.39 is 0 Å². The molecule has 2 N–H and O–H groups in total. The second kappa shape index (κ2) is 5.42. The molecule has 0 saturated carbocycles. The van der Waals surface area contributed by atoms with E-state index in [1.54, 1.807) is 19.5 Å². The van der Waals surface area contributed by atoms with Crippen molar-refractivity contribution in [3.05, 3.63) is 28.7 Å². The van der Waals surface area contributed by atoms with Gasteiger partial charge < -0.3 is 19.8 Å². The standard InChI is InChI=1S/C9H13N2O2.Y/c1-4-11-6(2)5-7(13-3)8(10)9(11)12;/h4-5H,10H2,1-3H3;/q-1;+3. The Kier molecular flexibility index (Phi) is 5.23. The van der Waals surface area contributed by atoms with Crippen LogP contribution in [0.15, 0.2) is 10.9 Å². The van der Waals surface area contributed by atoms with Gasteiger partial charge in [0.15, 0.2) is 5.56 Å². The molecule has 0 radical (unpaired) electrons. The normalized spacial score (nSPS) is 9.07. The van der Waals surface area contributed by atoms with E-state index in [2.05, 4.69) is 0 Å². The molecule has 0 bridgehead atoms. The number of pyridine rings is 1. The third kappa shape index (κ3) is 2.31. The first-order valence-corrected chi connectivity index (χ1v) is 3.97. The second-order valence-electron chi connectivity index (χ2n) is 2.70. The number of aryl methyl sites for hydroxylation is 1. The zero-order valence-corrected chi connectivity index (χ0v) is 11.4. The molecular weight excluding hydrogens is 257 g/mol. The molecule has 0 spiro atoms. The molecule has 0 fully saturated rings. The van der Waals surface area contributed by atoms with Crippen LogP contribution in [0.3, 0.4) is 0 Å². The van der Waals surface area contributed by atoms with Crippen LogP contribution in [0.2, 0.25) is 0 Å². The van der Waals surface area contributed by atoms with Crippen molar-refractivity contribution in [1.29, 1.82) is 0 Å². The first-order chi connectivity index (χ1) is 6.11. The van der Waals surface area contributed by atoms with E-state index in [0.29, 0.717) is 5.75 Å². The van der Waals surface area contributed by atoms with E-state index >= 15 is 0 Å². The first kappa shape index (κ1) is 13.5. The largest absolute Gasteiger partial charge is 3.00 e. The van der Waals surface area contributed by atoms with Gasteiger partial charge in [0, 0.05) is 0 Å². The minimum Gasteiger partial charge on any atom is -0.497 e. The van der Waals surface area contributed by atoms with E-state index in [9.17, 15) is 4.79 Å². The molecule has 0 saturated heterocycles. The van der Waals surface area contributed by atoms with Crippen LogP contribution in [0, 0.1) is 13.5 Å². The summed E-state index contributed by atoms with van der Waals surface area (Å²) in [6.07, 6.45) is 0. The molecule has 0 unspecified atom stereocenters. The van der Waals surface area contributed by atoms with Crippen LogP contribution in [0.5, 0.6) is 5.75 Å². The summed E-state index contributed by atoms with van der Waals surface area (Å²) < 4.78 is 6.44. The minimum atomic E-state index is -0.237. The molecule has 0 aliphatic heterocycles. The van der Waals surface area contributed by atoms with Gasteiger partial charge >= 0.3 is 32.7 Å². The van der Waals surface area contributed by atoms with Crippen LogP contribution >= 0.6 is 0 Å². The first-order valence-electron chi connectivity index (χ1n) is 3.97. The van der Waals surface area contributed by atoms with Crippen LogP contribution in [0.25, 0.3) is 0 Å². The molecule has 14 heavy (non-hydrogen) atoms. The van der Waals surface area contributed by atoms with Crippen molar-refractivity contribution in [1.82, 2.24) is 4.57 Å². The smallest absolute Gasteiger partial charge is 0.497 e. The topological polar surface area (TPSA) is 57.2 Å². The van der Waals surface area contributed by atoms with Crippen molar-refractivity contribution in [3.8, 4) is 5.75 Å². The number of nitrogens with two attached hydrogens (primary N) is 1. The Labute approximate surface area is 108 Å². The zero-order valence-electron chi connectivity index (χ0n) is 8.57. The van der Waals surface area contributed by atoms with Gasteiger partial charge in [-0.2, -0.15) is 0 Å². The fourth-order valence-electron chi connectivity index (χ4n) is 1.22. The van der Waals surface area contributed by atoms with Crippen LogP contribution in [-0.2, 0) is 32.7 Å². The van der Waals surface area contributed by atoms with Crippen LogP contribution in [0.4, 0.5) is 5.69 Å². The Hall–Kier alpha value is -0.476. The van der Waals surface area contributed by atoms with Gasteiger partial charge in [-0.05, 0) is 0 Å². The molecule has 0 atom stereocenters. The van der Waals surface area contributed by atoms with Gasteiger partial charge in [0.25, 0.3) is 0 Å². The van der Waals surface area contributed by atoms with Gasteiger partial charge in [0.2, 0.25) is 0 Å². The average molecular weight is 270 g/mol. The number of nitrogens with zero attached hydrogens (tertiary/aromatic N) is 1. The quantitative estimate of drug-likeness (QED) is 0.808. The summed E-state index contributed by atoms with van der Waals surface area (Å²) in [5, 5.41) is 0. The maximum absolute atomic E-state index is 11.5. The summed E-state index contributed by atoms with van der Waals surface area (Å²) in [6.45, 7) is 5.27. The van der Waals surface area contributed by atoms with E-state index in [0.717, 1.165) is 5.69 Å². The molecule has 1 rings (SSSR count). The Morgan fingerprint density at radius 2 is 2.14 bits per heavy atom. The van der Waals surface area contributed by atoms with Gasteiger partial charge in [-0.15, -0.1) is 6.54 Å². The second-order valence-corrected chi connectivity index (χ2v) is 2.70. The Morgan fingerprint density at radius 3 is 2.57 bits per heavy atom. The zero-order chi connectivity index (χ0) is 10.0. The third-order valence-corrected chi connectivity index (χ3v) is 1.91. The molecule has 1 aromatic rings. The molecule has 1 heterocycles. The Bertz CT molecular complexity index is 374. The minimum absolute atomic E-state index is 0. The molecule has 0 amide bonds. The number of hydrogen-bond acceptors (Lipinski definition) is 3. The molecule has 1 aromatic heterocycles. The van der Waals surface area contributed by atoms with Crippen molar-refractivity contribution in [2.45, 2.75) is 13.8 Å². The van der Waals surface area contributed by atoms with Gasteiger partial charge in [0.1, 0.15) is 5.75 Å². The molecular formula is C9H13N2O2Y+2. The average Bonchev–Trinajstić information content (AvgIpc) is 2.12. The maximum atomic E-state index is 11.5. The third-order valence-electron chi connectivity index (χ3n) is 1.91. The number of nitrogen functional groups attached to an aromatic ring is 1. The van der Waals surface area contributed by atoms with Crippen LogP contribution in [-0.4, -0.2) is 11.7 Å². The molecule has 0 aliphatic carbocycles. The number of hydrogen-bond donors (Lipinski definition) is 1. The molecule has 4 nitrogen and oxygen atoms in total. The van der Waals surface area contributed by atoms with Gasteiger partial charge in [0.05, 0.1) is 12.8 Å². The number of aromatic nitrogens is 1. The van der Waals surface area contributed by atoms with Gasteiger partial charge in [-0.25, -0.2) is 0 Å². The Morgan fingerprint density at radius 1 is 1.57 bits per heavy atom. The molecule has 72 valence electrons. The summed E-state index contributed by atoms with van der Waals surface area (Å²) in [6, 6.07) is 1.73. The maximum Gasteiger partial charge on any atom is 3.00 e. The number of anilines is 1.